The number of hydrogen-bond donors (Lipinski definition) is 0. The van der Waals surface area contributed by atoms with Gasteiger partial charge in [0.1, 0.15) is 5.82 Å². The Hall–Kier alpha value is -2.61. The van der Waals surface area contributed by atoms with Crippen LogP contribution in [0, 0.1) is 19.7 Å². The molecule has 0 bridgehead atoms. The lowest BCUT2D eigenvalue weighted by Crippen LogP contribution is -2.36. The third-order valence-corrected chi connectivity index (χ3v) is 5.36. The van der Waals surface area contributed by atoms with Gasteiger partial charge in [0.2, 0.25) is 0 Å². The molecule has 0 amide bonds. The SMILES string of the molecule is Cc1ccc(CC2c3ccc(C)cc3CCN2c2ccc(F)cc2)cc1. The summed E-state index contributed by atoms with van der Waals surface area (Å²) in [5, 5.41) is 0. The average Bonchev–Trinajstić information content (AvgIpc) is 2.64. The predicted molar refractivity (Wildman–Crippen MR) is 106 cm³/mol. The van der Waals surface area contributed by atoms with Crippen molar-refractivity contribution in [2.45, 2.75) is 32.7 Å². The highest BCUT2D eigenvalue weighted by Gasteiger charge is 2.27. The van der Waals surface area contributed by atoms with Crippen LogP contribution in [-0.2, 0) is 12.8 Å². The molecule has 0 N–H and O–H groups in total. The van der Waals surface area contributed by atoms with Crippen LogP contribution < -0.4 is 4.90 Å². The highest BCUT2D eigenvalue weighted by molar-refractivity contribution is 5.53. The van der Waals surface area contributed by atoms with Crippen LogP contribution >= 0.6 is 0 Å². The second kappa shape index (κ2) is 6.95. The summed E-state index contributed by atoms with van der Waals surface area (Å²) < 4.78 is 13.4. The molecule has 2 heteroatoms. The van der Waals surface area contributed by atoms with Gasteiger partial charge in [-0.1, -0.05) is 53.6 Å². The number of rotatable bonds is 3. The quantitative estimate of drug-likeness (QED) is 0.581. The molecule has 4 rings (SSSR count). The molecule has 0 fully saturated rings. The maximum absolute atomic E-state index is 13.4. The Morgan fingerprint density at radius 1 is 0.885 bits per heavy atom. The molecule has 1 aliphatic rings. The van der Waals surface area contributed by atoms with Gasteiger partial charge in [-0.3, -0.25) is 0 Å². The molecular formula is C24H24FN. The van der Waals surface area contributed by atoms with Gasteiger partial charge in [0.25, 0.3) is 0 Å². The molecule has 1 atom stereocenters. The summed E-state index contributed by atoms with van der Waals surface area (Å²) in [7, 11) is 0. The first-order valence-corrected chi connectivity index (χ1v) is 9.27. The van der Waals surface area contributed by atoms with E-state index in [0.717, 1.165) is 25.1 Å². The van der Waals surface area contributed by atoms with E-state index in [0.29, 0.717) is 0 Å². The number of benzene rings is 3. The number of aryl methyl sites for hydroxylation is 2. The normalized spacial score (nSPS) is 16.4. The lowest BCUT2D eigenvalue weighted by molar-refractivity contribution is 0.577. The van der Waals surface area contributed by atoms with E-state index in [-0.39, 0.29) is 11.9 Å². The van der Waals surface area contributed by atoms with E-state index in [2.05, 4.69) is 61.2 Å². The van der Waals surface area contributed by atoms with Gasteiger partial charge in [0, 0.05) is 12.2 Å². The lowest BCUT2D eigenvalue weighted by Gasteiger charge is -2.39. The fourth-order valence-electron chi connectivity index (χ4n) is 3.95. The first-order valence-electron chi connectivity index (χ1n) is 9.27. The summed E-state index contributed by atoms with van der Waals surface area (Å²) in [5.74, 6) is -0.183. The number of nitrogens with zero attached hydrogens (tertiary/aromatic N) is 1. The average molecular weight is 345 g/mol. The summed E-state index contributed by atoms with van der Waals surface area (Å²) in [5.41, 5.74) is 7.86. The molecule has 26 heavy (non-hydrogen) atoms. The van der Waals surface area contributed by atoms with E-state index in [1.165, 1.54) is 27.8 Å². The summed E-state index contributed by atoms with van der Waals surface area (Å²) in [6, 6.07) is 22.8. The van der Waals surface area contributed by atoms with Gasteiger partial charge in [0.05, 0.1) is 6.04 Å². The summed E-state index contributed by atoms with van der Waals surface area (Å²) >= 11 is 0. The molecule has 0 aromatic heterocycles. The lowest BCUT2D eigenvalue weighted by atomic mass is 9.87. The molecule has 1 heterocycles. The second-order valence-corrected chi connectivity index (χ2v) is 7.33. The van der Waals surface area contributed by atoms with Crippen LogP contribution in [0.25, 0.3) is 0 Å². The number of anilines is 1. The van der Waals surface area contributed by atoms with Crippen molar-refractivity contribution < 1.29 is 4.39 Å². The summed E-state index contributed by atoms with van der Waals surface area (Å²) in [4.78, 5) is 2.43. The van der Waals surface area contributed by atoms with Crippen molar-refractivity contribution >= 4 is 5.69 Å². The van der Waals surface area contributed by atoms with Crippen molar-refractivity contribution in [2.75, 3.05) is 11.4 Å². The first-order chi connectivity index (χ1) is 12.6. The summed E-state index contributed by atoms with van der Waals surface area (Å²) in [6.07, 6.45) is 1.98. The van der Waals surface area contributed by atoms with Crippen molar-refractivity contribution in [3.05, 3.63) is 100 Å². The first kappa shape index (κ1) is 16.8. The van der Waals surface area contributed by atoms with Crippen molar-refractivity contribution in [1.29, 1.82) is 0 Å². The van der Waals surface area contributed by atoms with Gasteiger partial charge < -0.3 is 4.90 Å². The number of fused-ring (bicyclic) bond motifs is 1. The van der Waals surface area contributed by atoms with Gasteiger partial charge >= 0.3 is 0 Å². The zero-order valence-electron chi connectivity index (χ0n) is 15.4. The van der Waals surface area contributed by atoms with Crippen LogP contribution in [-0.4, -0.2) is 6.54 Å². The maximum atomic E-state index is 13.4. The van der Waals surface area contributed by atoms with Crippen LogP contribution in [0.5, 0.6) is 0 Å². The van der Waals surface area contributed by atoms with Crippen molar-refractivity contribution in [3.8, 4) is 0 Å². The fourth-order valence-corrected chi connectivity index (χ4v) is 3.95. The van der Waals surface area contributed by atoms with Gasteiger partial charge in [-0.2, -0.15) is 0 Å². The van der Waals surface area contributed by atoms with E-state index < -0.39 is 0 Å². The Balaban J connectivity index is 1.74. The van der Waals surface area contributed by atoms with E-state index in [1.54, 1.807) is 12.1 Å². The highest BCUT2D eigenvalue weighted by atomic mass is 19.1. The molecule has 1 nitrogen and oxygen atoms in total. The van der Waals surface area contributed by atoms with Crippen LogP contribution in [0.1, 0.15) is 33.9 Å². The van der Waals surface area contributed by atoms with Gasteiger partial charge in [-0.15, -0.1) is 0 Å². The van der Waals surface area contributed by atoms with Gasteiger partial charge in [0.15, 0.2) is 0 Å². The molecular weight excluding hydrogens is 321 g/mol. The third-order valence-electron chi connectivity index (χ3n) is 5.36. The zero-order valence-corrected chi connectivity index (χ0v) is 15.4. The van der Waals surface area contributed by atoms with E-state index in [4.69, 9.17) is 0 Å². The van der Waals surface area contributed by atoms with Crippen molar-refractivity contribution in [1.82, 2.24) is 0 Å². The smallest absolute Gasteiger partial charge is 0.123 e. The van der Waals surface area contributed by atoms with Gasteiger partial charge in [-0.05, 0) is 67.6 Å². The van der Waals surface area contributed by atoms with Crippen LogP contribution in [0.3, 0.4) is 0 Å². The topological polar surface area (TPSA) is 3.24 Å². The monoisotopic (exact) mass is 345 g/mol. The number of halogens is 1. The Bertz CT molecular complexity index is 896. The minimum Gasteiger partial charge on any atom is -0.364 e. The maximum Gasteiger partial charge on any atom is 0.123 e. The highest BCUT2D eigenvalue weighted by Crippen LogP contribution is 2.36. The van der Waals surface area contributed by atoms with Crippen molar-refractivity contribution in [3.63, 3.8) is 0 Å². The molecule has 3 aromatic rings. The zero-order chi connectivity index (χ0) is 18.1. The minimum absolute atomic E-state index is 0.183. The second-order valence-electron chi connectivity index (χ2n) is 7.33. The minimum atomic E-state index is -0.183. The third kappa shape index (κ3) is 3.37. The van der Waals surface area contributed by atoms with Crippen LogP contribution in [0.2, 0.25) is 0 Å². The van der Waals surface area contributed by atoms with Gasteiger partial charge in [-0.25, -0.2) is 4.39 Å². The van der Waals surface area contributed by atoms with E-state index >= 15 is 0 Å². The molecule has 0 radical (unpaired) electrons. The van der Waals surface area contributed by atoms with Crippen molar-refractivity contribution in [2.24, 2.45) is 0 Å². The Labute approximate surface area is 155 Å². The Morgan fingerprint density at radius 2 is 1.58 bits per heavy atom. The fraction of sp³-hybridized carbons (Fsp3) is 0.250. The molecule has 0 saturated heterocycles. The Morgan fingerprint density at radius 3 is 2.31 bits per heavy atom. The molecule has 0 saturated carbocycles. The molecule has 1 aliphatic heterocycles. The molecule has 0 spiro atoms. The molecule has 1 unspecified atom stereocenters. The molecule has 0 aliphatic carbocycles. The standard InChI is InChI=1S/C24H24FN/c1-17-3-6-19(7-4-17)16-24-23-12-5-18(2)15-20(23)13-14-26(24)22-10-8-21(25)9-11-22/h3-12,15,24H,13-14,16H2,1-2H3. The summed E-state index contributed by atoms with van der Waals surface area (Å²) in [6.45, 7) is 5.23. The van der Waals surface area contributed by atoms with E-state index in [9.17, 15) is 4.39 Å². The number of hydrogen-bond acceptors (Lipinski definition) is 1. The molecule has 3 aromatic carbocycles. The Kier molecular flexibility index (Phi) is 4.50. The largest absolute Gasteiger partial charge is 0.364 e. The predicted octanol–water partition coefficient (Wildman–Crippen LogP) is 5.79. The van der Waals surface area contributed by atoms with Crippen LogP contribution in [0.4, 0.5) is 10.1 Å². The van der Waals surface area contributed by atoms with E-state index in [1.807, 2.05) is 12.1 Å². The van der Waals surface area contributed by atoms with Crippen LogP contribution in [0.15, 0.2) is 66.7 Å². The molecule has 132 valence electrons.